The van der Waals surface area contributed by atoms with Crippen LogP contribution in [0.3, 0.4) is 0 Å². The van der Waals surface area contributed by atoms with Gasteiger partial charge in [-0.25, -0.2) is 4.98 Å². The summed E-state index contributed by atoms with van der Waals surface area (Å²) >= 11 is 0. The fourth-order valence-electron chi connectivity index (χ4n) is 2.81. The molecule has 184 valence electrons. The molecule has 0 saturated heterocycles. The maximum atomic E-state index is 13.0. The van der Waals surface area contributed by atoms with Crippen molar-refractivity contribution in [1.82, 2.24) is 25.9 Å². The van der Waals surface area contributed by atoms with E-state index in [0.717, 1.165) is 0 Å². The van der Waals surface area contributed by atoms with Crippen LogP contribution >= 0.6 is 0 Å². The molecule has 0 aliphatic heterocycles. The molecule has 13 heteroatoms. The van der Waals surface area contributed by atoms with E-state index in [1.165, 1.54) is 19.4 Å². The number of hydrogen-bond donors (Lipinski definition) is 7. The number of hydrogen-bond acceptors (Lipinski definition) is 7. The topological polar surface area (TPSA) is 222 Å². The highest BCUT2D eigenvalue weighted by Crippen LogP contribution is 2.08. The molecule has 0 spiro atoms. The van der Waals surface area contributed by atoms with Gasteiger partial charge in [-0.05, 0) is 19.3 Å². The molecule has 0 radical (unpaired) electrons. The van der Waals surface area contributed by atoms with Gasteiger partial charge in [0, 0.05) is 24.7 Å². The van der Waals surface area contributed by atoms with E-state index in [1.54, 1.807) is 6.92 Å². The van der Waals surface area contributed by atoms with Gasteiger partial charge < -0.3 is 37.5 Å². The second-order valence-electron chi connectivity index (χ2n) is 7.89. The smallest absolute Gasteiger partial charge is 0.325 e. The Balaban J connectivity index is 3.03. The molecule has 5 unspecified atom stereocenters. The quantitative estimate of drug-likeness (QED) is 0.164. The van der Waals surface area contributed by atoms with Crippen molar-refractivity contribution < 1.29 is 29.1 Å². The molecule has 0 aromatic carbocycles. The first kappa shape index (κ1) is 27.6. The molecule has 0 aliphatic rings. The Kier molecular flexibility index (Phi) is 11.0. The molecule has 0 saturated carbocycles. The molecule has 5 atom stereocenters. The van der Waals surface area contributed by atoms with Crippen LogP contribution in [-0.4, -0.2) is 68.8 Å². The fraction of sp³-hybridized carbons (Fsp3) is 0.600. The molecule has 9 N–H and O–H groups in total. The monoisotopic (exact) mass is 467 g/mol. The lowest BCUT2D eigenvalue weighted by molar-refractivity contribution is -0.141. The highest BCUT2D eigenvalue weighted by Gasteiger charge is 2.30. The average molecular weight is 468 g/mol. The zero-order valence-electron chi connectivity index (χ0n) is 19.0. The van der Waals surface area contributed by atoms with Crippen LogP contribution in [-0.2, 0) is 30.4 Å². The highest BCUT2D eigenvalue weighted by molar-refractivity contribution is 5.94. The number of aromatic amines is 1. The van der Waals surface area contributed by atoms with Crippen LogP contribution in [0.2, 0.25) is 0 Å². The van der Waals surface area contributed by atoms with E-state index in [2.05, 4.69) is 25.9 Å². The van der Waals surface area contributed by atoms with Gasteiger partial charge in [-0.15, -0.1) is 0 Å². The summed E-state index contributed by atoms with van der Waals surface area (Å²) in [5, 5.41) is 16.4. The minimum absolute atomic E-state index is 0.0211. The molecule has 1 heterocycles. The number of imidazole rings is 1. The van der Waals surface area contributed by atoms with Gasteiger partial charge in [-0.2, -0.15) is 0 Å². The molecule has 0 aliphatic carbocycles. The lowest BCUT2D eigenvalue weighted by Gasteiger charge is -2.25. The number of carbonyl (C=O) groups excluding carboxylic acids is 4. The molecule has 0 fully saturated rings. The van der Waals surface area contributed by atoms with Gasteiger partial charge >= 0.3 is 5.97 Å². The third-order valence-electron chi connectivity index (χ3n) is 5.21. The standard InChI is InChI=1S/C20H33N7O6/c1-4-10(2)16(22)19(31)26-13(5-6-15(21)28)17(29)27-14(7-12-8-23-9-24-12)18(30)25-11(3)20(32)33/h8-11,13-14,16H,4-7,22H2,1-3H3,(H2,21,28)(H,23,24)(H,25,30)(H,26,31)(H,27,29)(H,32,33). The van der Waals surface area contributed by atoms with Crippen molar-refractivity contribution in [3.63, 3.8) is 0 Å². The van der Waals surface area contributed by atoms with Crippen LogP contribution in [0.15, 0.2) is 12.5 Å². The van der Waals surface area contributed by atoms with E-state index in [0.29, 0.717) is 12.1 Å². The van der Waals surface area contributed by atoms with Crippen molar-refractivity contribution in [2.45, 2.75) is 70.6 Å². The first-order valence-corrected chi connectivity index (χ1v) is 10.6. The SMILES string of the molecule is CCC(C)C(N)C(=O)NC(CCC(N)=O)C(=O)NC(Cc1cnc[nH]1)C(=O)NC(C)C(=O)O. The second kappa shape index (κ2) is 13.2. The predicted octanol–water partition coefficient (Wildman–Crippen LogP) is -1.85. The minimum Gasteiger partial charge on any atom is -0.480 e. The van der Waals surface area contributed by atoms with Crippen LogP contribution < -0.4 is 27.4 Å². The summed E-state index contributed by atoms with van der Waals surface area (Å²) in [6, 6.07) is -4.44. The van der Waals surface area contributed by atoms with Gasteiger partial charge in [0.05, 0.1) is 12.4 Å². The van der Waals surface area contributed by atoms with E-state index in [-0.39, 0.29) is 25.2 Å². The van der Waals surface area contributed by atoms with Crippen LogP contribution in [0.25, 0.3) is 0 Å². The number of nitrogens with two attached hydrogens (primary N) is 2. The van der Waals surface area contributed by atoms with Gasteiger partial charge in [0.15, 0.2) is 0 Å². The Labute approximate surface area is 191 Å². The Hall–Kier alpha value is -3.48. The van der Waals surface area contributed by atoms with E-state index < -0.39 is 53.8 Å². The summed E-state index contributed by atoms with van der Waals surface area (Å²) in [5.41, 5.74) is 11.6. The van der Waals surface area contributed by atoms with E-state index >= 15 is 0 Å². The first-order valence-electron chi connectivity index (χ1n) is 10.6. The van der Waals surface area contributed by atoms with Gasteiger partial charge in [0.25, 0.3) is 0 Å². The molecule has 4 amide bonds. The predicted molar refractivity (Wildman–Crippen MR) is 117 cm³/mol. The summed E-state index contributed by atoms with van der Waals surface area (Å²) in [5.74, 6) is -4.15. The number of nitrogens with zero attached hydrogens (tertiary/aromatic N) is 1. The number of aliphatic carboxylic acids is 1. The number of primary amides is 1. The molecule has 1 aromatic heterocycles. The lowest BCUT2D eigenvalue weighted by Crippen LogP contribution is -2.58. The molecular formula is C20H33N7O6. The normalized spacial score (nSPS) is 15.4. The Morgan fingerprint density at radius 2 is 1.67 bits per heavy atom. The van der Waals surface area contributed by atoms with Crippen LogP contribution in [0.4, 0.5) is 0 Å². The van der Waals surface area contributed by atoms with Crippen molar-refractivity contribution >= 4 is 29.6 Å². The third kappa shape index (κ3) is 9.27. The maximum Gasteiger partial charge on any atom is 0.325 e. The third-order valence-corrected chi connectivity index (χ3v) is 5.21. The molecule has 0 bridgehead atoms. The number of aromatic nitrogens is 2. The van der Waals surface area contributed by atoms with Crippen LogP contribution in [0.1, 0.15) is 45.7 Å². The number of H-pyrrole nitrogens is 1. The summed E-state index contributed by atoms with van der Waals surface area (Å²) in [6.45, 7) is 4.93. The number of amides is 4. The number of carboxylic acid groups (broad SMARTS) is 1. The summed E-state index contributed by atoms with van der Waals surface area (Å²) in [6.07, 6.45) is 3.16. The average Bonchev–Trinajstić information content (AvgIpc) is 3.27. The van der Waals surface area contributed by atoms with Crippen molar-refractivity contribution in [2.75, 3.05) is 0 Å². The lowest BCUT2D eigenvalue weighted by atomic mass is 9.98. The Bertz CT molecular complexity index is 829. The fourth-order valence-corrected chi connectivity index (χ4v) is 2.81. The summed E-state index contributed by atoms with van der Waals surface area (Å²) < 4.78 is 0. The molecular weight excluding hydrogens is 434 g/mol. The largest absolute Gasteiger partial charge is 0.480 e. The molecule has 13 nitrogen and oxygen atoms in total. The van der Waals surface area contributed by atoms with Crippen molar-refractivity contribution in [3.8, 4) is 0 Å². The minimum atomic E-state index is -1.25. The van der Waals surface area contributed by atoms with Gasteiger partial charge in [0.2, 0.25) is 23.6 Å². The van der Waals surface area contributed by atoms with Crippen molar-refractivity contribution in [2.24, 2.45) is 17.4 Å². The van der Waals surface area contributed by atoms with Crippen molar-refractivity contribution in [1.29, 1.82) is 0 Å². The summed E-state index contributed by atoms with van der Waals surface area (Å²) in [4.78, 5) is 67.1. The van der Waals surface area contributed by atoms with E-state index in [1.807, 2.05) is 6.92 Å². The number of carbonyl (C=O) groups is 5. The molecule has 1 rings (SSSR count). The van der Waals surface area contributed by atoms with E-state index in [4.69, 9.17) is 16.6 Å². The number of rotatable bonds is 14. The summed E-state index contributed by atoms with van der Waals surface area (Å²) in [7, 11) is 0. The highest BCUT2D eigenvalue weighted by atomic mass is 16.4. The number of carboxylic acids is 1. The van der Waals surface area contributed by atoms with Crippen LogP contribution in [0, 0.1) is 5.92 Å². The van der Waals surface area contributed by atoms with E-state index in [9.17, 15) is 24.0 Å². The van der Waals surface area contributed by atoms with Gasteiger partial charge in [-0.3, -0.25) is 24.0 Å². The Morgan fingerprint density at radius 3 is 2.18 bits per heavy atom. The second-order valence-corrected chi connectivity index (χ2v) is 7.89. The first-order chi connectivity index (χ1) is 15.5. The Morgan fingerprint density at radius 1 is 1.06 bits per heavy atom. The zero-order chi connectivity index (χ0) is 25.1. The molecule has 33 heavy (non-hydrogen) atoms. The zero-order valence-corrected chi connectivity index (χ0v) is 19.0. The van der Waals surface area contributed by atoms with Gasteiger partial charge in [-0.1, -0.05) is 20.3 Å². The molecule has 1 aromatic rings. The van der Waals surface area contributed by atoms with Crippen LogP contribution in [0.5, 0.6) is 0 Å². The number of nitrogens with one attached hydrogen (secondary N) is 4. The van der Waals surface area contributed by atoms with Crippen molar-refractivity contribution in [3.05, 3.63) is 18.2 Å². The van der Waals surface area contributed by atoms with Gasteiger partial charge in [0.1, 0.15) is 18.1 Å². The maximum absolute atomic E-state index is 13.0.